The zero-order valence-corrected chi connectivity index (χ0v) is 16.6. The van der Waals surface area contributed by atoms with Crippen LogP contribution in [0.1, 0.15) is 30.7 Å². The van der Waals surface area contributed by atoms with Crippen LogP contribution in [0.15, 0.2) is 73.1 Å². The number of ether oxygens (including phenoxy) is 1. The highest BCUT2D eigenvalue weighted by Crippen LogP contribution is 2.38. The first kappa shape index (κ1) is 18.0. The first-order chi connectivity index (χ1) is 14.3. The Hall–Kier alpha value is -3.11. The Morgan fingerprint density at radius 1 is 0.931 bits per heavy atom. The molecule has 1 N–H and O–H groups in total. The van der Waals surface area contributed by atoms with Crippen molar-refractivity contribution in [1.82, 2.24) is 9.97 Å². The van der Waals surface area contributed by atoms with E-state index in [-0.39, 0.29) is 0 Å². The second-order valence-electron chi connectivity index (χ2n) is 7.31. The molecule has 4 aromatic rings. The van der Waals surface area contributed by atoms with Gasteiger partial charge in [-0.05, 0) is 66.8 Å². The van der Waals surface area contributed by atoms with Crippen molar-refractivity contribution >= 4 is 34.0 Å². The van der Waals surface area contributed by atoms with Gasteiger partial charge in [-0.3, -0.25) is 0 Å². The molecule has 4 nitrogen and oxygen atoms in total. The monoisotopic (exact) mass is 401 g/mol. The van der Waals surface area contributed by atoms with Crippen molar-refractivity contribution in [1.29, 1.82) is 0 Å². The maximum absolute atomic E-state index is 6.46. The third kappa shape index (κ3) is 3.76. The smallest absolute Gasteiger partial charge is 0.146 e. The number of anilines is 2. The van der Waals surface area contributed by atoms with Gasteiger partial charge in [0.25, 0.3) is 0 Å². The van der Waals surface area contributed by atoms with Crippen molar-refractivity contribution in [3.05, 3.63) is 83.6 Å². The molecular formula is C24H20ClN3O. The third-order valence-corrected chi connectivity index (χ3v) is 5.70. The van der Waals surface area contributed by atoms with Crippen molar-refractivity contribution in [2.75, 3.05) is 5.32 Å². The number of aromatic nitrogens is 2. The summed E-state index contributed by atoms with van der Waals surface area (Å²) in [5.41, 5.74) is 3.15. The van der Waals surface area contributed by atoms with E-state index in [0.717, 1.165) is 28.2 Å². The van der Waals surface area contributed by atoms with Gasteiger partial charge in [0.15, 0.2) is 0 Å². The van der Waals surface area contributed by atoms with Gasteiger partial charge in [-0.25, -0.2) is 9.97 Å². The minimum Gasteiger partial charge on any atom is -0.456 e. The van der Waals surface area contributed by atoms with E-state index in [4.69, 9.17) is 16.3 Å². The summed E-state index contributed by atoms with van der Waals surface area (Å²) in [5.74, 6) is 2.81. The van der Waals surface area contributed by atoms with E-state index in [1.807, 2.05) is 48.5 Å². The van der Waals surface area contributed by atoms with Crippen LogP contribution in [0, 0.1) is 0 Å². The number of rotatable bonds is 5. The molecule has 144 valence electrons. The Labute approximate surface area is 174 Å². The second-order valence-corrected chi connectivity index (χ2v) is 7.72. The molecule has 0 bridgehead atoms. The van der Waals surface area contributed by atoms with Crippen molar-refractivity contribution in [2.24, 2.45) is 0 Å². The molecule has 1 saturated carbocycles. The number of nitrogens with one attached hydrogen (secondary N) is 1. The van der Waals surface area contributed by atoms with Gasteiger partial charge in [-0.1, -0.05) is 42.3 Å². The summed E-state index contributed by atoms with van der Waals surface area (Å²) < 4.78 is 5.86. The average molecular weight is 402 g/mol. The molecule has 1 aliphatic rings. The molecule has 0 spiro atoms. The zero-order chi connectivity index (χ0) is 19.6. The maximum Gasteiger partial charge on any atom is 0.146 e. The summed E-state index contributed by atoms with van der Waals surface area (Å²) in [6.07, 6.45) is 5.43. The van der Waals surface area contributed by atoms with E-state index in [9.17, 15) is 0 Å². The van der Waals surface area contributed by atoms with E-state index in [2.05, 4.69) is 33.5 Å². The molecule has 0 radical (unpaired) electrons. The molecule has 0 atom stereocenters. The van der Waals surface area contributed by atoms with E-state index in [1.165, 1.54) is 24.8 Å². The Morgan fingerprint density at radius 3 is 2.55 bits per heavy atom. The molecular weight excluding hydrogens is 382 g/mol. The van der Waals surface area contributed by atoms with Crippen LogP contribution in [-0.4, -0.2) is 9.97 Å². The van der Waals surface area contributed by atoms with Crippen LogP contribution in [0.3, 0.4) is 0 Å². The molecule has 1 aliphatic carbocycles. The summed E-state index contributed by atoms with van der Waals surface area (Å²) in [6.45, 7) is 0. The zero-order valence-electron chi connectivity index (χ0n) is 15.8. The molecule has 1 aromatic heterocycles. The van der Waals surface area contributed by atoms with Gasteiger partial charge in [0.2, 0.25) is 0 Å². The van der Waals surface area contributed by atoms with Crippen molar-refractivity contribution < 1.29 is 4.74 Å². The Bertz CT molecular complexity index is 1160. The van der Waals surface area contributed by atoms with Crippen LogP contribution >= 0.6 is 11.6 Å². The Balaban J connectivity index is 1.42. The quantitative estimate of drug-likeness (QED) is 0.388. The van der Waals surface area contributed by atoms with Crippen molar-refractivity contribution in [2.45, 2.75) is 25.2 Å². The summed E-state index contributed by atoms with van der Waals surface area (Å²) in [6, 6.07) is 21.7. The van der Waals surface area contributed by atoms with E-state index in [1.54, 1.807) is 6.33 Å². The van der Waals surface area contributed by atoms with Gasteiger partial charge in [0, 0.05) is 11.1 Å². The Morgan fingerprint density at radius 2 is 1.79 bits per heavy atom. The fourth-order valence-electron chi connectivity index (χ4n) is 3.58. The van der Waals surface area contributed by atoms with Crippen LogP contribution in [0.4, 0.5) is 11.5 Å². The standard InChI is InChI=1S/C24H20ClN3O/c25-21-14-18(10-12-23(21)29-19-7-2-1-3-8-19)28-24-20-13-17(16-5-4-6-16)9-11-22(20)26-15-27-24/h1-3,7-16H,4-6H2,(H,26,27,28). The lowest BCUT2D eigenvalue weighted by Crippen LogP contribution is -2.08. The van der Waals surface area contributed by atoms with Crippen molar-refractivity contribution in [3.8, 4) is 11.5 Å². The van der Waals surface area contributed by atoms with E-state index < -0.39 is 0 Å². The highest BCUT2D eigenvalue weighted by molar-refractivity contribution is 6.32. The predicted molar refractivity (Wildman–Crippen MR) is 117 cm³/mol. The van der Waals surface area contributed by atoms with Gasteiger partial charge in [-0.2, -0.15) is 0 Å². The van der Waals surface area contributed by atoms with Crippen LogP contribution in [0.5, 0.6) is 11.5 Å². The molecule has 0 saturated heterocycles. The molecule has 29 heavy (non-hydrogen) atoms. The summed E-state index contributed by atoms with van der Waals surface area (Å²) in [4.78, 5) is 8.88. The fourth-order valence-corrected chi connectivity index (χ4v) is 3.80. The fraction of sp³-hybridized carbons (Fsp3) is 0.167. The van der Waals surface area contributed by atoms with Crippen LogP contribution in [0.2, 0.25) is 5.02 Å². The molecule has 0 amide bonds. The minimum absolute atomic E-state index is 0.535. The number of hydrogen-bond acceptors (Lipinski definition) is 4. The predicted octanol–water partition coefficient (Wildman–Crippen LogP) is 7.09. The lowest BCUT2D eigenvalue weighted by molar-refractivity contribution is 0.420. The van der Waals surface area contributed by atoms with Crippen LogP contribution in [0.25, 0.3) is 10.9 Å². The molecule has 1 fully saturated rings. The number of fused-ring (bicyclic) bond motifs is 1. The highest BCUT2D eigenvalue weighted by Gasteiger charge is 2.20. The number of halogens is 1. The first-order valence-corrected chi connectivity index (χ1v) is 10.2. The molecule has 0 unspecified atom stereocenters. The van der Waals surface area contributed by atoms with Crippen molar-refractivity contribution in [3.63, 3.8) is 0 Å². The Kier molecular flexibility index (Phi) is 4.78. The van der Waals surface area contributed by atoms with Crippen LogP contribution in [-0.2, 0) is 0 Å². The number of benzene rings is 3. The van der Waals surface area contributed by atoms with Gasteiger partial charge in [-0.15, -0.1) is 0 Å². The maximum atomic E-state index is 6.46. The number of nitrogens with zero attached hydrogens (tertiary/aromatic N) is 2. The largest absolute Gasteiger partial charge is 0.456 e. The lowest BCUT2D eigenvalue weighted by atomic mass is 9.80. The SMILES string of the molecule is Clc1cc(Nc2ncnc3ccc(C4CCC4)cc23)ccc1Oc1ccccc1. The van der Waals surface area contributed by atoms with Gasteiger partial charge in [0.05, 0.1) is 10.5 Å². The van der Waals surface area contributed by atoms with E-state index >= 15 is 0 Å². The van der Waals surface area contributed by atoms with E-state index in [0.29, 0.717) is 16.7 Å². The minimum atomic E-state index is 0.535. The third-order valence-electron chi connectivity index (χ3n) is 5.40. The molecule has 0 aliphatic heterocycles. The molecule has 5 heteroatoms. The molecule has 1 heterocycles. The topological polar surface area (TPSA) is 47.0 Å². The average Bonchev–Trinajstić information content (AvgIpc) is 2.70. The summed E-state index contributed by atoms with van der Waals surface area (Å²) >= 11 is 6.46. The second kappa shape index (κ2) is 7.72. The molecule has 3 aromatic carbocycles. The summed E-state index contributed by atoms with van der Waals surface area (Å²) in [7, 11) is 0. The van der Waals surface area contributed by atoms with Gasteiger partial charge in [0.1, 0.15) is 23.6 Å². The van der Waals surface area contributed by atoms with Gasteiger partial charge < -0.3 is 10.1 Å². The number of para-hydroxylation sites is 1. The lowest BCUT2D eigenvalue weighted by Gasteiger charge is -2.26. The number of hydrogen-bond donors (Lipinski definition) is 1. The highest BCUT2D eigenvalue weighted by atomic mass is 35.5. The molecule has 5 rings (SSSR count). The normalized spacial score (nSPS) is 13.8. The summed E-state index contributed by atoms with van der Waals surface area (Å²) in [5, 5.41) is 4.95. The van der Waals surface area contributed by atoms with Crippen LogP contribution < -0.4 is 10.1 Å². The van der Waals surface area contributed by atoms with Gasteiger partial charge >= 0.3 is 0 Å². The first-order valence-electron chi connectivity index (χ1n) is 9.80.